The van der Waals surface area contributed by atoms with Crippen molar-refractivity contribution in [2.75, 3.05) is 5.84 Å². The van der Waals surface area contributed by atoms with Gasteiger partial charge in [-0.15, -0.1) is 10.2 Å². The third-order valence-electron chi connectivity index (χ3n) is 2.19. The maximum absolute atomic E-state index is 13.9. The van der Waals surface area contributed by atoms with E-state index in [0.717, 1.165) is 11.8 Å². The SMILES string of the molecule is CCc1ncnc(Sc2nnc(C)n2N)c1F. The summed E-state index contributed by atoms with van der Waals surface area (Å²) >= 11 is 1.03. The Morgan fingerprint density at radius 1 is 1.41 bits per heavy atom. The highest BCUT2D eigenvalue weighted by atomic mass is 32.2. The molecule has 8 heteroatoms. The van der Waals surface area contributed by atoms with Crippen molar-refractivity contribution in [3.05, 3.63) is 23.7 Å². The van der Waals surface area contributed by atoms with E-state index in [1.54, 1.807) is 6.92 Å². The van der Waals surface area contributed by atoms with Crippen molar-refractivity contribution in [1.82, 2.24) is 24.8 Å². The van der Waals surface area contributed by atoms with Gasteiger partial charge in [-0.2, -0.15) is 0 Å². The number of aromatic nitrogens is 5. The van der Waals surface area contributed by atoms with Crippen molar-refractivity contribution in [2.24, 2.45) is 0 Å². The second-order valence-corrected chi connectivity index (χ2v) is 4.25. The lowest BCUT2D eigenvalue weighted by Gasteiger charge is -2.04. The van der Waals surface area contributed by atoms with Gasteiger partial charge in [0, 0.05) is 0 Å². The number of halogens is 1. The molecule has 2 aromatic rings. The largest absolute Gasteiger partial charge is 0.336 e. The molecule has 2 N–H and O–H groups in total. The summed E-state index contributed by atoms with van der Waals surface area (Å²) in [4.78, 5) is 7.73. The molecule has 0 atom stereocenters. The first-order valence-electron chi connectivity index (χ1n) is 4.97. The van der Waals surface area contributed by atoms with Crippen molar-refractivity contribution in [2.45, 2.75) is 30.5 Å². The van der Waals surface area contributed by atoms with Crippen LogP contribution in [0, 0.1) is 12.7 Å². The van der Waals surface area contributed by atoms with Crippen LogP contribution >= 0.6 is 11.8 Å². The van der Waals surface area contributed by atoms with E-state index in [2.05, 4.69) is 20.2 Å². The zero-order valence-corrected chi connectivity index (χ0v) is 10.2. The second kappa shape index (κ2) is 4.66. The van der Waals surface area contributed by atoms with Crippen LogP contribution in [-0.4, -0.2) is 24.8 Å². The minimum Gasteiger partial charge on any atom is -0.336 e. The average Bonchev–Trinajstić information content (AvgIpc) is 2.64. The highest BCUT2D eigenvalue weighted by Gasteiger charge is 2.15. The third kappa shape index (κ3) is 2.21. The lowest BCUT2D eigenvalue weighted by Crippen LogP contribution is -2.11. The molecule has 0 aliphatic rings. The van der Waals surface area contributed by atoms with Crippen LogP contribution < -0.4 is 5.84 Å². The average molecular weight is 254 g/mol. The van der Waals surface area contributed by atoms with Crippen LogP contribution in [0.4, 0.5) is 4.39 Å². The Labute approximate surface area is 101 Å². The zero-order chi connectivity index (χ0) is 12.4. The summed E-state index contributed by atoms with van der Waals surface area (Å²) in [6.45, 7) is 3.54. The third-order valence-corrected chi connectivity index (χ3v) is 3.13. The Morgan fingerprint density at radius 2 is 2.18 bits per heavy atom. The molecule has 0 spiro atoms. The van der Waals surface area contributed by atoms with E-state index in [0.29, 0.717) is 23.1 Å². The van der Waals surface area contributed by atoms with Crippen LogP contribution in [0.25, 0.3) is 0 Å². The Hall–Kier alpha value is -1.70. The first-order valence-corrected chi connectivity index (χ1v) is 5.79. The molecule has 2 aromatic heterocycles. The Balaban J connectivity index is 2.33. The molecule has 0 radical (unpaired) electrons. The van der Waals surface area contributed by atoms with Gasteiger partial charge in [0.05, 0.1) is 5.69 Å². The van der Waals surface area contributed by atoms with Crippen molar-refractivity contribution in [3.63, 3.8) is 0 Å². The molecule has 0 bridgehead atoms. The maximum atomic E-state index is 13.9. The predicted molar refractivity (Wildman–Crippen MR) is 60.4 cm³/mol. The van der Waals surface area contributed by atoms with E-state index >= 15 is 0 Å². The van der Waals surface area contributed by atoms with Gasteiger partial charge in [-0.3, -0.25) is 0 Å². The highest BCUT2D eigenvalue weighted by molar-refractivity contribution is 7.99. The van der Waals surface area contributed by atoms with Crippen LogP contribution in [0.5, 0.6) is 0 Å². The van der Waals surface area contributed by atoms with Gasteiger partial charge in [0.25, 0.3) is 0 Å². The zero-order valence-electron chi connectivity index (χ0n) is 9.38. The summed E-state index contributed by atoms with van der Waals surface area (Å²) in [5.41, 5.74) is 0.377. The molecule has 6 nitrogen and oxygen atoms in total. The fourth-order valence-corrected chi connectivity index (χ4v) is 2.00. The second-order valence-electron chi connectivity index (χ2n) is 3.29. The lowest BCUT2D eigenvalue weighted by molar-refractivity contribution is 0.558. The summed E-state index contributed by atoms with van der Waals surface area (Å²) in [6.07, 6.45) is 1.84. The number of hydrogen-bond donors (Lipinski definition) is 1. The fraction of sp³-hybridized carbons (Fsp3) is 0.333. The smallest absolute Gasteiger partial charge is 0.216 e. The summed E-state index contributed by atoms with van der Waals surface area (Å²) in [5, 5.41) is 8.21. The van der Waals surface area contributed by atoms with Crippen LogP contribution in [0.15, 0.2) is 16.5 Å². The summed E-state index contributed by atoms with van der Waals surface area (Å²) in [6, 6.07) is 0. The van der Waals surface area contributed by atoms with E-state index < -0.39 is 5.82 Å². The van der Waals surface area contributed by atoms with Crippen molar-refractivity contribution >= 4 is 11.8 Å². The van der Waals surface area contributed by atoms with Gasteiger partial charge in [-0.1, -0.05) is 6.92 Å². The van der Waals surface area contributed by atoms with Gasteiger partial charge >= 0.3 is 0 Å². The van der Waals surface area contributed by atoms with Gasteiger partial charge in [-0.25, -0.2) is 19.0 Å². The minimum atomic E-state index is -0.430. The molecule has 90 valence electrons. The monoisotopic (exact) mass is 254 g/mol. The number of rotatable bonds is 3. The summed E-state index contributed by atoms with van der Waals surface area (Å²) in [5.74, 6) is 5.80. The van der Waals surface area contributed by atoms with Gasteiger partial charge in [-0.05, 0) is 25.1 Å². The summed E-state index contributed by atoms with van der Waals surface area (Å²) < 4.78 is 15.1. The standard InChI is InChI=1S/C9H11FN6S/c1-3-6-7(10)8(13-4-12-6)17-9-15-14-5(2)16(9)11/h4H,3,11H2,1-2H3. The molecule has 0 aromatic carbocycles. The molecule has 2 rings (SSSR count). The quantitative estimate of drug-likeness (QED) is 0.648. The van der Waals surface area contributed by atoms with Crippen LogP contribution in [0.1, 0.15) is 18.4 Å². The molecule has 0 amide bonds. The lowest BCUT2D eigenvalue weighted by atomic mass is 10.3. The highest BCUT2D eigenvalue weighted by Crippen LogP contribution is 2.26. The first kappa shape index (κ1) is 11.8. The topological polar surface area (TPSA) is 82.5 Å². The predicted octanol–water partition coefficient (Wildman–Crippen LogP) is 0.943. The van der Waals surface area contributed by atoms with Crippen molar-refractivity contribution < 1.29 is 4.39 Å². The molecule has 0 aliphatic carbocycles. The van der Waals surface area contributed by atoms with Gasteiger partial charge in [0.15, 0.2) is 5.82 Å². The molecule has 0 unspecified atom stereocenters. The molecular weight excluding hydrogens is 243 g/mol. The van der Waals surface area contributed by atoms with E-state index in [1.165, 1.54) is 11.0 Å². The summed E-state index contributed by atoms with van der Waals surface area (Å²) in [7, 11) is 0. The molecule has 0 saturated carbocycles. The van der Waals surface area contributed by atoms with Crippen molar-refractivity contribution in [1.29, 1.82) is 0 Å². The van der Waals surface area contributed by atoms with Crippen LogP contribution in [-0.2, 0) is 6.42 Å². The molecule has 0 aliphatic heterocycles. The van der Waals surface area contributed by atoms with E-state index in [1.807, 2.05) is 6.92 Å². The van der Waals surface area contributed by atoms with Crippen LogP contribution in [0.3, 0.4) is 0 Å². The number of nitrogens with zero attached hydrogens (tertiary/aromatic N) is 5. The molecule has 17 heavy (non-hydrogen) atoms. The Morgan fingerprint density at radius 3 is 2.76 bits per heavy atom. The maximum Gasteiger partial charge on any atom is 0.216 e. The first-order chi connectivity index (χ1) is 8.13. The van der Waals surface area contributed by atoms with E-state index in [4.69, 9.17) is 5.84 Å². The number of hydrogen-bond acceptors (Lipinski definition) is 6. The number of nitrogen functional groups attached to an aromatic ring is 1. The van der Waals surface area contributed by atoms with Crippen LogP contribution in [0.2, 0.25) is 0 Å². The molecular formula is C9H11FN6S. The molecule has 0 saturated heterocycles. The van der Waals surface area contributed by atoms with Crippen molar-refractivity contribution in [3.8, 4) is 0 Å². The normalized spacial score (nSPS) is 10.8. The van der Waals surface area contributed by atoms with Gasteiger partial charge in [0.2, 0.25) is 5.16 Å². The van der Waals surface area contributed by atoms with Gasteiger partial charge in [0.1, 0.15) is 17.2 Å². The fourth-order valence-electron chi connectivity index (χ4n) is 1.21. The van der Waals surface area contributed by atoms with E-state index in [-0.39, 0.29) is 5.03 Å². The Bertz CT molecular complexity index is 540. The van der Waals surface area contributed by atoms with E-state index in [9.17, 15) is 4.39 Å². The molecule has 2 heterocycles. The number of nitrogens with two attached hydrogens (primary N) is 1. The van der Waals surface area contributed by atoms with Gasteiger partial charge < -0.3 is 5.84 Å². The minimum absolute atomic E-state index is 0.205. The Kier molecular flexibility index (Phi) is 3.23. The number of aryl methyl sites for hydroxylation is 2. The molecule has 0 fully saturated rings.